The first kappa shape index (κ1) is 19.7. The molecule has 1 aromatic rings. The van der Waals surface area contributed by atoms with E-state index in [2.05, 4.69) is 5.32 Å². The van der Waals surface area contributed by atoms with Crippen molar-refractivity contribution in [1.29, 1.82) is 0 Å². The molecule has 0 aliphatic carbocycles. The minimum atomic E-state index is -3.29. The Morgan fingerprint density at radius 3 is 2.54 bits per heavy atom. The summed E-state index contributed by atoms with van der Waals surface area (Å²) in [6.45, 7) is 1.42. The number of rotatable bonds is 7. The number of hydrogen-bond donors (Lipinski definition) is 1. The molecule has 1 aliphatic rings. The topological polar surface area (TPSA) is 119 Å². The smallest absolute Gasteiger partial charge is 0.411 e. The van der Waals surface area contributed by atoms with Crippen molar-refractivity contribution in [1.82, 2.24) is 10.2 Å². The zero-order valence-electron chi connectivity index (χ0n) is 14.4. The summed E-state index contributed by atoms with van der Waals surface area (Å²) < 4.78 is 32.5. The molecule has 0 spiro atoms. The summed E-state index contributed by atoms with van der Waals surface area (Å²) in [6.07, 6.45) is 0.356. The van der Waals surface area contributed by atoms with Crippen molar-refractivity contribution >= 4 is 27.8 Å². The lowest BCUT2D eigenvalue weighted by Gasteiger charge is -2.19. The van der Waals surface area contributed by atoms with Crippen molar-refractivity contribution < 1.29 is 32.3 Å². The highest BCUT2D eigenvalue weighted by Gasteiger charge is 2.39. The van der Waals surface area contributed by atoms with Gasteiger partial charge in [0.2, 0.25) is 5.91 Å². The Morgan fingerprint density at radius 1 is 1.31 bits per heavy atom. The first-order chi connectivity index (χ1) is 12.2. The summed E-state index contributed by atoms with van der Waals surface area (Å²) in [5.74, 6) is -1.10. The van der Waals surface area contributed by atoms with Crippen LogP contribution in [-0.2, 0) is 35.4 Å². The van der Waals surface area contributed by atoms with Crippen LogP contribution in [0, 0.1) is 0 Å². The number of carbonyl (C=O) groups is 3. The number of amides is 2. The van der Waals surface area contributed by atoms with Gasteiger partial charge in [0.25, 0.3) is 0 Å². The van der Waals surface area contributed by atoms with E-state index in [-0.39, 0.29) is 31.2 Å². The third kappa shape index (κ3) is 4.94. The Labute approximate surface area is 151 Å². The second-order valence-corrected chi connectivity index (χ2v) is 7.68. The maximum absolute atomic E-state index is 12.3. The summed E-state index contributed by atoms with van der Waals surface area (Å²) in [4.78, 5) is 36.8. The standard InChI is InChI=1S/C16H20N2O7S/c1-3-24-14(19)9-18-13(10-25-16(18)21)15(20)17-8-11-4-6-12(7-5-11)26(2,22)23/h4-7,13H,3,8-10H2,1-2H3,(H,17,20)/t13-/m0/s1. The van der Waals surface area contributed by atoms with Crippen LogP contribution in [0.1, 0.15) is 12.5 Å². The fourth-order valence-electron chi connectivity index (χ4n) is 2.35. The predicted molar refractivity (Wildman–Crippen MR) is 89.9 cm³/mol. The lowest BCUT2D eigenvalue weighted by Crippen LogP contribution is -2.47. The van der Waals surface area contributed by atoms with Crippen LogP contribution in [0.3, 0.4) is 0 Å². The van der Waals surface area contributed by atoms with Gasteiger partial charge in [-0.2, -0.15) is 0 Å². The van der Waals surface area contributed by atoms with Gasteiger partial charge < -0.3 is 14.8 Å². The third-order valence-corrected chi connectivity index (χ3v) is 4.83. The molecule has 1 aliphatic heterocycles. The van der Waals surface area contributed by atoms with Crippen LogP contribution >= 0.6 is 0 Å². The molecule has 1 atom stereocenters. The molecule has 0 bridgehead atoms. The Balaban J connectivity index is 1.96. The van der Waals surface area contributed by atoms with Crippen LogP contribution in [0.4, 0.5) is 4.79 Å². The van der Waals surface area contributed by atoms with Crippen LogP contribution in [0.15, 0.2) is 29.2 Å². The van der Waals surface area contributed by atoms with Crippen molar-refractivity contribution in [2.75, 3.05) is 26.0 Å². The summed E-state index contributed by atoms with van der Waals surface area (Å²) in [5, 5.41) is 2.64. The van der Waals surface area contributed by atoms with Gasteiger partial charge in [0.15, 0.2) is 9.84 Å². The number of nitrogens with zero attached hydrogens (tertiary/aromatic N) is 1. The normalized spacial score (nSPS) is 16.9. The Hall–Kier alpha value is -2.62. The number of esters is 1. The van der Waals surface area contributed by atoms with E-state index in [0.717, 1.165) is 11.2 Å². The van der Waals surface area contributed by atoms with Crippen LogP contribution in [0.5, 0.6) is 0 Å². The molecule has 1 N–H and O–H groups in total. The fraction of sp³-hybridized carbons (Fsp3) is 0.438. The van der Waals surface area contributed by atoms with Gasteiger partial charge in [-0.05, 0) is 24.6 Å². The predicted octanol–water partition coefficient (Wildman–Crippen LogP) is 0.0902. The van der Waals surface area contributed by atoms with Gasteiger partial charge in [0, 0.05) is 12.8 Å². The molecule has 26 heavy (non-hydrogen) atoms. The van der Waals surface area contributed by atoms with E-state index < -0.39 is 33.8 Å². The van der Waals surface area contributed by atoms with Crippen LogP contribution in [0.2, 0.25) is 0 Å². The average Bonchev–Trinajstić information content (AvgIpc) is 2.93. The highest BCUT2D eigenvalue weighted by Crippen LogP contribution is 2.14. The second-order valence-electron chi connectivity index (χ2n) is 5.66. The van der Waals surface area contributed by atoms with Gasteiger partial charge in [-0.1, -0.05) is 12.1 Å². The molecule has 1 aromatic carbocycles. The molecular formula is C16H20N2O7S. The largest absolute Gasteiger partial charge is 0.465 e. The minimum Gasteiger partial charge on any atom is -0.465 e. The third-order valence-electron chi connectivity index (χ3n) is 3.70. The number of sulfone groups is 1. The van der Waals surface area contributed by atoms with E-state index in [9.17, 15) is 22.8 Å². The zero-order valence-corrected chi connectivity index (χ0v) is 15.2. The number of nitrogens with one attached hydrogen (secondary N) is 1. The van der Waals surface area contributed by atoms with Crippen molar-refractivity contribution in [3.8, 4) is 0 Å². The molecule has 9 nitrogen and oxygen atoms in total. The number of carbonyl (C=O) groups excluding carboxylic acids is 3. The van der Waals surface area contributed by atoms with Crippen molar-refractivity contribution in [3.05, 3.63) is 29.8 Å². The molecule has 0 aromatic heterocycles. The Morgan fingerprint density at radius 2 is 1.96 bits per heavy atom. The van der Waals surface area contributed by atoms with Crippen molar-refractivity contribution in [2.24, 2.45) is 0 Å². The molecular weight excluding hydrogens is 364 g/mol. The van der Waals surface area contributed by atoms with Crippen LogP contribution in [0.25, 0.3) is 0 Å². The molecule has 0 saturated carbocycles. The first-order valence-corrected chi connectivity index (χ1v) is 9.77. The molecule has 1 heterocycles. The van der Waals surface area contributed by atoms with E-state index in [1.165, 1.54) is 12.1 Å². The quantitative estimate of drug-likeness (QED) is 0.662. The van der Waals surface area contributed by atoms with Crippen LogP contribution < -0.4 is 5.32 Å². The number of hydrogen-bond acceptors (Lipinski definition) is 7. The maximum Gasteiger partial charge on any atom is 0.411 e. The van der Waals surface area contributed by atoms with Gasteiger partial charge in [-0.25, -0.2) is 13.2 Å². The average molecular weight is 384 g/mol. The first-order valence-electron chi connectivity index (χ1n) is 7.88. The molecule has 0 radical (unpaired) electrons. The number of cyclic esters (lactones) is 1. The molecule has 2 rings (SSSR count). The van der Waals surface area contributed by atoms with Gasteiger partial charge in [0.05, 0.1) is 11.5 Å². The van der Waals surface area contributed by atoms with E-state index in [0.29, 0.717) is 5.56 Å². The SMILES string of the molecule is CCOC(=O)CN1C(=O)OC[C@H]1C(=O)NCc1ccc(S(C)(=O)=O)cc1. The number of ether oxygens (including phenoxy) is 2. The van der Waals surface area contributed by atoms with Gasteiger partial charge in [-0.3, -0.25) is 14.5 Å². The van der Waals surface area contributed by atoms with Crippen molar-refractivity contribution in [2.45, 2.75) is 24.4 Å². The fourth-order valence-corrected chi connectivity index (χ4v) is 2.98. The lowest BCUT2D eigenvalue weighted by molar-refractivity contribution is -0.144. The summed E-state index contributed by atoms with van der Waals surface area (Å²) >= 11 is 0. The molecule has 142 valence electrons. The monoisotopic (exact) mass is 384 g/mol. The maximum atomic E-state index is 12.3. The minimum absolute atomic E-state index is 0.140. The Kier molecular flexibility index (Phi) is 6.19. The van der Waals surface area contributed by atoms with E-state index in [1.54, 1.807) is 19.1 Å². The lowest BCUT2D eigenvalue weighted by atomic mass is 10.2. The molecule has 1 fully saturated rings. The van der Waals surface area contributed by atoms with Crippen LogP contribution in [-0.4, -0.2) is 63.3 Å². The zero-order chi connectivity index (χ0) is 19.3. The van der Waals surface area contributed by atoms with Gasteiger partial charge >= 0.3 is 12.1 Å². The molecule has 1 saturated heterocycles. The number of benzene rings is 1. The second kappa shape index (κ2) is 8.17. The molecule has 2 amide bonds. The summed E-state index contributed by atoms with van der Waals surface area (Å²) in [5.41, 5.74) is 0.688. The van der Waals surface area contributed by atoms with E-state index >= 15 is 0 Å². The Bertz CT molecular complexity index is 789. The van der Waals surface area contributed by atoms with E-state index in [4.69, 9.17) is 9.47 Å². The molecule has 0 unspecified atom stereocenters. The van der Waals surface area contributed by atoms with Crippen molar-refractivity contribution in [3.63, 3.8) is 0 Å². The highest BCUT2D eigenvalue weighted by atomic mass is 32.2. The summed E-state index contributed by atoms with van der Waals surface area (Å²) in [7, 11) is -3.29. The van der Waals surface area contributed by atoms with Gasteiger partial charge in [0.1, 0.15) is 19.2 Å². The van der Waals surface area contributed by atoms with Gasteiger partial charge in [-0.15, -0.1) is 0 Å². The summed E-state index contributed by atoms with van der Waals surface area (Å²) in [6, 6.07) is 5.15. The van der Waals surface area contributed by atoms with E-state index in [1.807, 2.05) is 0 Å². The molecule has 10 heteroatoms. The highest BCUT2D eigenvalue weighted by molar-refractivity contribution is 7.90.